The third-order valence-electron chi connectivity index (χ3n) is 3.42. The van der Waals surface area contributed by atoms with Gasteiger partial charge in [-0.25, -0.2) is 0 Å². The van der Waals surface area contributed by atoms with E-state index >= 15 is 0 Å². The smallest absolute Gasteiger partial charge is 0.162 e. The van der Waals surface area contributed by atoms with Crippen molar-refractivity contribution in [3.05, 3.63) is 36.4 Å². The molecule has 4 nitrogen and oxygen atoms in total. The van der Waals surface area contributed by atoms with Crippen molar-refractivity contribution in [2.45, 2.75) is 13.0 Å². The zero-order valence-corrected chi connectivity index (χ0v) is 13.9. The number of aromatic hydroxyl groups is 1. The number of hydrogen-bond donors (Lipinski definition) is 2. The zero-order chi connectivity index (χ0) is 13.7. The number of phenolic OH excluding ortho intramolecular Hbond substituents is 1. The standard InChI is InChI=1S/C15H22N2O2.2ClH/c1-3-13(17-10-8-16-9-11-17)12-6-5-7-14(15(12)18)19-4-2;;/h3,5-7,13,16,18H,1,4,8-11H2,2H3;2*1H/t13-;;/m1../s1. The molecule has 0 unspecified atom stereocenters. The first-order valence-corrected chi connectivity index (χ1v) is 6.80. The first-order chi connectivity index (χ1) is 9.27. The first kappa shape index (κ1) is 20.1. The van der Waals surface area contributed by atoms with Crippen molar-refractivity contribution >= 4 is 24.8 Å². The minimum absolute atomic E-state index is 0. The highest BCUT2D eigenvalue weighted by Gasteiger charge is 2.23. The molecule has 1 aliphatic heterocycles. The van der Waals surface area contributed by atoms with E-state index in [1.54, 1.807) is 6.07 Å². The summed E-state index contributed by atoms with van der Waals surface area (Å²) in [5.41, 5.74) is 0.864. The number of halogens is 2. The highest BCUT2D eigenvalue weighted by molar-refractivity contribution is 5.85. The molecule has 0 radical (unpaired) electrons. The number of rotatable bonds is 5. The molecule has 21 heavy (non-hydrogen) atoms. The lowest BCUT2D eigenvalue weighted by Gasteiger charge is -2.33. The molecule has 0 aliphatic carbocycles. The van der Waals surface area contributed by atoms with E-state index in [9.17, 15) is 5.11 Å². The van der Waals surface area contributed by atoms with Gasteiger partial charge >= 0.3 is 0 Å². The Morgan fingerprint density at radius 1 is 1.38 bits per heavy atom. The van der Waals surface area contributed by atoms with Crippen LogP contribution in [0.15, 0.2) is 30.9 Å². The number of nitrogens with one attached hydrogen (secondary N) is 1. The Kier molecular flexibility index (Phi) is 9.46. The third-order valence-corrected chi connectivity index (χ3v) is 3.42. The van der Waals surface area contributed by atoms with Gasteiger partial charge in [0, 0.05) is 31.7 Å². The molecule has 0 amide bonds. The maximum absolute atomic E-state index is 10.3. The summed E-state index contributed by atoms with van der Waals surface area (Å²) in [5.74, 6) is 0.773. The fourth-order valence-electron chi connectivity index (χ4n) is 2.48. The SMILES string of the molecule is C=C[C@H](c1cccc(OCC)c1O)N1CCNCC1.Cl.Cl. The summed E-state index contributed by atoms with van der Waals surface area (Å²) in [6.45, 7) is 10.2. The van der Waals surface area contributed by atoms with Gasteiger partial charge in [0.05, 0.1) is 12.6 Å². The van der Waals surface area contributed by atoms with Crippen molar-refractivity contribution < 1.29 is 9.84 Å². The lowest BCUT2D eigenvalue weighted by Crippen LogP contribution is -2.44. The van der Waals surface area contributed by atoms with Crippen molar-refractivity contribution in [1.29, 1.82) is 0 Å². The van der Waals surface area contributed by atoms with Crippen LogP contribution in [0.25, 0.3) is 0 Å². The predicted molar refractivity (Wildman–Crippen MR) is 91.2 cm³/mol. The summed E-state index contributed by atoms with van der Waals surface area (Å²) in [5, 5.41) is 13.7. The fourth-order valence-corrected chi connectivity index (χ4v) is 2.48. The summed E-state index contributed by atoms with van der Waals surface area (Å²) in [7, 11) is 0. The Morgan fingerprint density at radius 3 is 2.62 bits per heavy atom. The number of hydrogen-bond acceptors (Lipinski definition) is 4. The molecule has 0 spiro atoms. The molecule has 120 valence electrons. The highest BCUT2D eigenvalue weighted by Crippen LogP contribution is 2.36. The maximum atomic E-state index is 10.3. The van der Waals surface area contributed by atoms with Crippen molar-refractivity contribution in [3.63, 3.8) is 0 Å². The minimum Gasteiger partial charge on any atom is -0.504 e. The zero-order valence-electron chi connectivity index (χ0n) is 12.2. The molecule has 2 N–H and O–H groups in total. The monoisotopic (exact) mass is 334 g/mol. The molecule has 0 aromatic heterocycles. The summed E-state index contributed by atoms with van der Waals surface area (Å²) >= 11 is 0. The van der Waals surface area contributed by atoms with E-state index in [0.717, 1.165) is 31.7 Å². The van der Waals surface area contributed by atoms with E-state index < -0.39 is 0 Å². The van der Waals surface area contributed by atoms with Crippen molar-refractivity contribution in [1.82, 2.24) is 10.2 Å². The lowest BCUT2D eigenvalue weighted by molar-refractivity contribution is 0.200. The molecule has 6 heteroatoms. The highest BCUT2D eigenvalue weighted by atomic mass is 35.5. The van der Waals surface area contributed by atoms with E-state index in [0.29, 0.717) is 12.4 Å². The average Bonchev–Trinajstić information content (AvgIpc) is 2.45. The number of nitrogens with zero attached hydrogens (tertiary/aromatic N) is 1. The van der Waals surface area contributed by atoms with Gasteiger partial charge in [-0.2, -0.15) is 0 Å². The van der Waals surface area contributed by atoms with Gasteiger partial charge < -0.3 is 15.2 Å². The number of para-hydroxylation sites is 1. The van der Waals surface area contributed by atoms with Gasteiger partial charge in [0.25, 0.3) is 0 Å². The second-order valence-corrected chi connectivity index (χ2v) is 4.59. The molecular formula is C15H24Cl2N2O2. The molecular weight excluding hydrogens is 311 g/mol. The number of piperazine rings is 1. The van der Waals surface area contributed by atoms with Crippen LogP contribution in [0, 0.1) is 0 Å². The van der Waals surface area contributed by atoms with Gasteiger partial charge in [-0.05, 0) is 13.0 Å². The molecule has 0 bridgehead atoms. The summed E-state index contributed by atoms with van der Waals surface area (Å²) in [6.07, 6.45) is 1.89. The quantitative estimate of drug-likeness (QED) is 0.813. The van der Waals surface area contributed by atoms with Gasteiger partial charge in [0.1, 0.15) is 0 Å². The molecule has 1 atom stereocenters. The maximum Gasteiger partial charge on any atom is 0.162 e. The second kappa shape index (κ2) is 9.90. The van der Waals surface area contributed by atoms with E-state index in [2.05, 4.69) is 16.8 Å². The predicted octanol–water partition coefficient (Wildman–Crippen LogP) is 2.77. The molecule has 1 aromatic rings. The molecule has 1 saturated heterocycles. The molecule has 1 aromatic carbocycles. The van der Waals surface area contributed by atoms with Crippen LogP contribution in [0.1, 0.15) is 18.5 Å². The number of phenols is 1. The molecule has 0 saturated carbocycles. The van der Waals surface area contributed by atoms with E-state index in [1.807, 2.05) is 25.1 Å². The summed E-state index contributed by atoms with van der Waals surface area (Å²) in [4.78, 5) is 2.31. The Hall–Kier alpha value is -0.940. The van der Waals surface area contributed by atoms with Gasteiger partial charge in [0.2, 0.25) is 0 Å². The van der Waals surface area contributed by atoms with E-state index in [-0.39, 0.29) is 36.6 Å². The van der Waals surface area contributed by atoms with E-state index in [4.69, 9.17) is 4.74 Å². The Labute approximate surface area is 139 Å². The second-order valence-electron chi connectivity index (χ2n) is 4.59. The van der Waals surface area contributed by atoms with Gasteiger partial charge in [0.15, 0.2) is 11.5 Å². The Bertz CT molecular complexity index is 438. The van der Waals surface area contributed by atoms with Gasteiger partial charge in [-0.1, -0.05) is 18.2 Å². The molecule has 2 rings (SSSR count). The Balaban J connectivity index is 0.00000200. The van der Waals surface area contributed by atoms with E-state index in [1.165, 1.54) is 0 Å². The van der Waals surface area contributed by atoms with Gasteiger partial charge in [-0.15, -0.1) is 31.4 Å². The average molecular weight is 335 g/mol. The normalized spacial score (nSPS) is 16.2. The minimum atomic E-state index is 0. The van der Waals surface area contributed by atoms with Crippen LogP contribution in [0.2, 0.25) is 0 Å². The fraction of sp³-hybridized carbons (Fsp3) is 0.467. The first-order valence-electron chi connectivity index (χ1n) is 6.80. The molecule has 1 aliphatic rings. The topological polar surface area (TPSA) is 44.7 Å². The van der Waals surface area contributed by atoms with Crippen LogP contribution in [-0.2, 0) is 0 Å². The van der Waals surface area contributed by atoms with Crippen LogP contribution >= 0.6 is 24.8 Å². The van der Waals surface area contributed by atoms with Crippen LogP contribution in [-0.4, -0.2) is 42.8 Å². The number of benzene rings is 1. The van der Waals surface area contributed by atoms with Gasteiger partial charge in [-0.3, -0.25) is 4.90 Å². The third kappa shape index (κ3) is 4.78. The lowest BCUT2D eigenvalue weighted by atomic mass is 10.0. The molecule has 1 fully saturated rings. The van der Waals surface area contributed by atoms with Crippen LogP contribution in [0.5, 0.6) is 11.5 Å². The van der Waals surface area contributed by atoms with Crippen molar-refractivity contribution in [2.24, 2.45) is 0 Å². The summed E-state index contributed by atoms with van der Waals surface area (Å²) in [6, 6.07) is 5.67. The Morgan fingerprint density at radius 2 is 2.05 bits per heavy atom. The van der Waals surface area contributed by atoms with Crippen LogP contribution in [0.4, 0.5) is 0 Å². The van der Waals surface area contributed by atoms with Crippen LogP contribution < -0.4 is 10.1 Å². The summed E-state index contributed by atoms with van der Waals surface area (Å²) < 4.78 is 5.44. The van der Waals surface area contributed by atoms with Crippen LogP contribution in [0.3, 0.4) is 0 Å². The largest absolute Gasteiger partial charge is 0.504 e. The number of ether oxygens (including phenoxy) is 1. The van der Waals surface area contributed by atoms with Crippen molar-refractivity contribution in [2.75, 3.05) is 32.8 Å². The molecule has 1 heterocycles. The van der Waals surface area contributed by atoms with Crippen molar-refractivity contribution in [3.8, 4) is 11.5 Å².